The monoisotopic (exact) mass is 323 g/mol. The number of aliphatic hydroxyl groups is 1. The molecule has 0 aromatic rings. The van der Waals surface area contributed by atoms with Gasteiger partial charge in [-0.05, 0) is 57.9 Å². The van der Waals surface area contributed by atoms with E-state index >= 15 is 0 Å². The highest BCUT2D eigenvalue weighted by Crippen LogP contribution is 2.37. The lowest BCUT2D eigenvalue weighted by Crippen LogP contribution is -2.34. The molecule has 0 unspecified atom stereocenters. The second kappa shape index (κ2) is 11.1. The molecule has 10 radical (unpaired) electrons. The van der Waals surface area contributed by atoms with Gasteiger partial charge in [-0.15, -0.1) is 13.2 Å². The molecule has 2 fully saturated rings. The molecule has 2 rings (SSSR count). The largest absolute Gasteiger partial charge is 0.396 e. The molecule has 2 nitrogen and oxygen atoms in total. The Labute approximate surface area is 150 Å². The van der Waals surface area contributed by atoms with Crippen LogP contribution in [0.3, 0.4) is 0 Å². The first kappa shape index (κ1) is 19.7. The van der Waals surface area contributed by atoms with E-state index in [1.54, 1.807) is 0 Å². The van der Waals surface area contributed by atoms with Crippen molar-refractivity contribution in [3.05, 3.63) is 87.5 Å². The van der Waals surface area contributed by atoms with Crippen molar-refractivity contribution in [2.45, 2.75) is 25.7 Å². The van der Waals surface area contributed by atoms with E-state index in [0.717, 1.165) is 38.9 Å². The third-order valence-corrected chi connectivity index (χ3v) is 4.50. The number of rotatable bonds is 12. The van der Waals surface area contributed by atoms with Gasteiger partial charge in [-0.1, -0.05) is 25.0 Å². The standard InChI is InChI=1S/C22H29NO/c1-3-19-11-9-13-21(19)17-23(15-7-5-6-8-16-24)18-22-14-10-12-20(22)4-2/h3-4,9-14,24H,1-2,5-8,15-18H2. The lowest BCUT2D eigenvalue weighted by atomic mass is 9.92. The fraction of sp³-hybridized carbons (Fsp3) is 0.364. The van der Waals surface area contributed by atoms with E-state index in [2.05, 4.69) is 56.6 Å². The summed E-state index contributed by atoms with van der Waals surface area (Å²) in [6.07, 6.45) is 21.0. The second-order valence-electron chi connectivity index (χ2n) is 6.27. The molecule has 0 saturated heterocycles. The third-order valence-electron chi connectivity index (χ3n) is 4.50. The molecule has 128 valence electrons. The average molecular weight is 323 g/mol. The Morgan fingerprint density at radius 1 is 0.792 bits per heavy atom. The molecule has 1 N–H and O–H groups in total. The molecule has 0 heterocycles. The normalized spacial score (nSPS) is 21.1. The minimum atomic E-state index is 0.302. The Bertz CT molecular complexity index is 339. The average Bonchev–Trinajstić information content (AvgIpc) is 3.23. The molecular formula is C22H29NO. The summed E-state index contributed by atoms with van der Waals surface area (Å²) < 4.78 is 0. The Kier molecular flexibility index (Phi) is 9.12. The summed E-state index contributed by atoms with van der Waals surface area (Å²) in [6, 6.07) is 0. The van der Waals surface area contributed by atoms with Crippen LogP contribution < -0.4 is 0 Å². The zero-order valence-corrected chi connectivity index (χ0v) is 14.6. The van der Waals surface area contributed by atoms with Crippen LogP contribution >= 0.6 is 0 Å². The van der Waals surface area contributed by atoms with Crippen molar-refractivity contribution in [2.24, 2.45) is 0 Å². The van der Waals surface area contributed by atoms with Crippen molar-refractivity contribution in [1.82, 2.24) is 4.90 Å². The van der Waals surface area contributed by atoms with Gasteiger partial charge in [0.2, 0.25) is 0 Å². The summed E-state index contributed by atoms with van der Waals surface area (Å²) in [5.41, 5.74) is 0. The van der Waals surface area contributed by atoms with Crippen LogP contribution in [0.15, 0.2) is 25.3 Å². The maximum atomic E-state index is 8.90. The van der Waals surface area contributed by atoms with Crippen molar-refractivity contribution in [1.29, 1.82) is 0 Å². The maximum absolute atomic E-state index is 8.90. The zero-order valence-electron chi connectivity index (χ0n) is 14.6. The summed E-state index contributed by atoms with van der Waals surface area (Å²) >= 11 is 0. The van der Waals surface area contributed by atoms with Crippen molar-refractivity contribution in [3.63, 3.8) is 0 Å². The van der Waals surface area contributed by atoms with Gasteiger partial charge in [-0.25, -0.2) is 0 Å². The third kappa shape index (κ3) is 6.04. The van der Waals surface area contributed by atoms with Gasteiger partial charge in [0.15, 0.2) is 0 Å². The number of hydrogen-bond donors (Lipinski definition) is 1. The second-order valence-corrected chi connectivity index (χ2v) is 6.27. The van der Waals surface area contributed by atoms with E-state index in [9.17, 15) is 0 Å². The van der Waals surface area contributed by atoms with Crippen LogP contribution in [-0.4, -0.2) is 36.2 Å². The van der Waals surface area contributed by atoms with E-state index in [1.807, 2.05) is 12.2 Å². The van der Waals surface area contributed by atoms with Gasteiger partial charge in [0.25, 0.3) is 0 Å². The molecule has 2 aliphatic rings. The maximum Gasteiger partial charge on any atom is 0.0431 e. The van der Waals surface area contributed by atoms with Gasteiger partial charge in [0.05, 0.1) is 0 Å². The van der Waals surface area contributed by atoms with E-state index in [0.29, 0.717) is 6.61 Å². The quantitative estimate of drug-likeness (QED) is 0.553. The highest BCUT2D eigenvalue weighted by molar-refractivity contribution is 5.51. The lowest BCUT2D eigenvalue weighted by molar-refractivity contribution is 0.272. The van der Waals surface area contributed by atoms with Crippen molar-refractivity contribution in [2.75, 3.05) is 26.2 Å². The molecule has 0 atom stereocenters. The van der Waals surface area contributed by atoms with Crippen LogP contribution in [0.2, 0.25) is 0 Å². The van der Waals surface area contributed by atoms with Crippen molar-refractivity contribution >= 4 is 0 Å². The van der Waals surface area contributed by atoms with Gasteiger partial charge >= 0.3 is 0 Å². The van der Waals surface area contributed by atoms with E-state index < -0.39 is 0 Å². The van der Waals surface area contributed by atoms with Crippen LogP contribution in [0, 0.1) is 62.2 Å². The number of unbranched alkanes of at least 4 members (excludes halogenated alkanes) is 3. The molecule has 0 amide bonds. The minimum Gasteiger partial charge on any atom is -0.396 e. The molecule has 0 spiro atoms. The molecule has 2 saturated carbocycles. The smallest absolute Gasteiger partial charge is 0.0431 e. The van der Waals surface area contributed by atoms with Gasteiger partial charge in [0.1, 0.15) is 0 Å². The summed E-state index contributed by atoms with van der Waals surface area (Å²) in [5, 5.41) is 8.90. The number of allylic oxidation sites excluding steroid dienone is 2. The summed E-state index contributed by atoms with van der Waals surface area (Å²) in [6.45, 7) is 11.1. The Hall–Kier alpha value is -0.600. The number of aliphatic hydroxyl groups excluding tert-OH is 1. The fourth-order valence-electron chi connectivity index (χ4n) is 3.13. The number of hydrogen-bond acceptors (Lipinski definition) is 2. The predicted octanol–water partition coefficient (Wildman–Crippen LogP) is 3.76. The highest BCUT2D eigenvalue weighted by atomic mass is 16.2. The topological polar surface area (TPSA) is 23.5 Å². The SMILES string of the molecule is C=C[C]1[CH][CH][CH][C]1CN(CCCCCCO)C[C]1[CH][CH][CH][C]1C=C. The molecular weight excluding hydrogens is 294 g/mol. The van der Waals surface area contributed by atoms with Crippen molar-refractivity contribution < 1.29 is 5.11 Å². The van der Waals surface area contributed by atoms with Gasteiger partial charge in [-0.2, -0.15) is 0 Å². The minimum absolute atomic E-state index is 0.302. The van der Waals surface area contributed by atoms with Gasteiger partial charge in [0, 0.05) is 43.4 Å². The predicted molar refractivity (Wildman–Crippen MR) is 101 cm³/mol. The van der Waals surface area contributed by atoms with E-state index in [1.165, 1.54) is 30.1 Å². The number of nitrogens with zero attached hydrogens (tertiary/aromatic N) is 1. The fourth-order valence-corrected chi connectivity index (χ4v) is 3.13. The first-order chi connectivity index (χ1) is 11.8. The van der Waals surface area contributed by atoms with Crippen molar-refractivity contribution in [3.8, 4) is 0 Å². The van der Waals surface area contributed by atoms with Crippen LogP contribution in [0.1, 0.15) is 25.7 Å². The van der Waals surface area contributed by atoms with Crippen LogP contribution in [-0.2, 0) is 0 Å². The lowest BCUT2D eigenvalue weighted by Gasteiger charge is -2.30. The molecule has 0 aromatic carbocycles. The van der Waals surface area contributed by atoms with Crippen LogP contribution in [0.4, 0.5) is 0 Å². The zero-order chi connectivity index (χ0) is 17.2. The Morgan fingerprint density at radius 2 is 1.33 bits per heavy atom. The first-order valence-corrected chi connectivity index (χ1v) is 8.85. The highest BCUT2D eigenvalue weighted by Gasteiger charge is 2.32. The van der Waals surface area contributed by atoms with Gasteiger partial charge < -0.3 is 10.0 Å². The first-order valence-electron chi connectivity index (χ1n) is 8.85. The van der Waals surface area contributed by atoms with Gasteiger partial charge in [-0.3, -0.25) is 0 Å². The summed E-state index contributed by atoms with van der Waals surface area (Å²) in [5.74, 6) is 5.14. The molecule has 0 bridgehead atoms. The molecule has 2 aliphatic carbocycles. The molecule has 0 aliphatic heterocycles. The van der Waals surface area contributed by atoms with E-state index in [-0.39, 0.29) is 0 Å². The summed E-state index contributed by atoms with van der Waals surface area (Å²) in [4.78, 5) is 2.50. The van der Waals surface area contributed by atoms with E-state index in [4.69, 9.17) is 5.11 Å². The van der Waals surface area contributed by atoms with Crippen LogP contribution in [0.25, 0.3) is 0 Å². The molecule has 24 heavy (non-hydrogen) atoms. The summed E-state index contributed by atoms with van der Waals surface area (Å²) in [7, 11) is 0. The van der Waals surface area contributed by atoms with Crippen LogP contribution in [0.5, 0.6) is 0 Å². The Morgan fingerprint density at radius 3 is 1.83 bits per heavy atom. The Balaban J connectivity index is 1.85. The molecule has 2 heteroatoms. The molecule has 0 aromatic heterocycles.